The van der Waals surface area contributed by atoms with Gasteiger partial charge in [-0.3, -0.25) is 4.79 Å². The van der Waals surface area contributed by atoms with Gasteiger partial charge in [-0.15, -0.1) is 0 Å². The Hall–Kier alpha value is -1.60. The highest BCUT2D eigenvalue weighted by atomic mass is 32.2. The van der Waals surface area contributed by atoms with Crippen molar-refractivity contribution in [2.75, 3.05) is 29.9 Å². The lowest BCUT2D eigenvalue weighted by atomic mass is 10.2. The Morgan fingerprint density at radius 1 is 1.47 bits per heavy atom. The van der Waals surface area contributed by atoms with Gasteiger partial charge in [0.25, 0.3) is 0 Å². The number of nitrogens with zero attached hydrogens (tertiary/aromatic N) is 1. The molecule has 0 unspecified atom stereocenters. The van der Waals surface area contributed by atoms with Gasteiger partial charge in [0.2, 0.25) is 15.9 Å². The first-order valence-corrected chi connectivity index (χ1v) is 7.63. The lowest BCUT2D eigenvalue weighted by Gasteiger charge is -2.15. The average Bonchev–Trinajstić information content (AvgIpc) is 2.63. The quantitative estimate of drug-likeness (QED) is 0.792. The Morgan fingerprint density at radius 2 is 2.21 bits per heavy atom. The first-order chi connectivity index (χ1) is 8.88. The molecule has 0 atom stereocenters. The molecule has 6 nitrogen and oxygen atoms in total. The van der Waals surface area contributed by atoms with Crippen LogP contribution in [0.25, 0.3) is 0 Å². The van der Waals surface area contributed by atoms with E-state index in [9.17, 15) is 13.2 Å². The van der Waals surface area contributed by atoms with Crippen LogP contribution in [-0.2, 0) is 14.8 Å². The topological polar surface area (TPSA) is 92.5 Å². The van der Waals surface area contributed by atoms with Gasteiger partial charge in [0.15, 0.2) is 0 Å². The Balaban J connectivity index is 2.04. The van der Waals surface area contributed by atoms with Crippen molar-refractivity contribution >= 4 is 27.3 Å². The van der Waals surface area contributed by atoms with Crippen LogP contribution in [0.15, 0.2) is 18.2 Å². The minimum absolute atomic E-state index is 0.123. The number of nitrogens with one attached hydrogen (secondary N) is 1. The lowest BCUT2D eigenvalue weighted by molar-refractivity contribution is -0.116. The van der Waals surface area contributed by atoms with Gasteiger partial charge in [0, 0.05) is 17.9 Å². The highest BCUT2D eigenvalue weighted by molar-refractivity contribution is 7.89. The van der Waals surface area contributed by atoms with E-state index in [-0.39, 0.29) is 18.2 Å². The van der Waals surface area contributed by atoms with Crippen molar-refractivity contribution in [3.8, 4) is 0 Å². The number of nitrogens with two attached hydrogens (primary N) is 1. The van der Waals surface area contributed by atoms with Crippen LogP contribution < -0.4 is 11.1 Å². The van der Waals surface area contributed by atoms with Gasteiger partial charge in [-0.1, -0.05) is 6.07 Å². The van der Waals surface area contributed by atoms with Gasteiger partial charge in [-0.25, -0.2) is 8.42 Å². The molecule has 2 rings (SSSR count). The summed E-state index contributed by atoms with van der Waals surface area (Å²) in [6.07, 6.45) is 0.576. The standard InChI is InChI=1S/C12H17N3O3S/c1-9-3-4-10(13)7-11(9)14-12(16)8-15-5-2-6-19(15,17)18/h3-4,7H,2,5-6,8,13H2,1H3,(H,14,16). The maximum absolute atomic E-state index is 11.9. The van der Waals surface area contributed by atoms with Crippen LogP contribution >= 0.6 is 0 Å². The fourth-order valence-corrected chi connectivity index (χ4v) is 3.47. The molecule has 0 spiro atoms. The fraction of sp³-hybridized carbons (Fsp3) is 0.417. The van der Waals surface area contributed by atoms with Gasteiger partial charge >= 0.3 is 0 Å². The zero-order chi connectivity index (χ0) is 14.0. The number of aryl methyl sites for hydroxylation is 1. The van der Waals surface area contributed by atoms with Crippen molar-refractivity contribution in [1.29, 1.82) is 0 Å². The molecule has 0 aliphatic carbocycles. The van der Waals surface area contributed by atoms with E-state index in [1.807, 2.05) is 6.92 Å². The molecule has 1 heterocycles. The molecule has 0 radical (unpaired) electrons. The summed E-state index contributed by atoms with van der Waals surface area (Å²) in [7, 11) is -3.24. The molecule has 1 aliphatic heterocycles. The van der Waals surface area contributed by atoms with Gasteiger partial charge < -0.3 is 11.1 Å². The summed E-state index contributed by atoms with van der Waals surface area (Å²) >= 11 is 0. The molecule has 104 valence electrons. The van der Waals surface area contributed by atoms with Crippen molar-refractivity contribution in [3.63, 3.8) is 0 Å². The van der Waals surface area contributed by atoms with Crippen molar-refractivity contribution < 1.29 is 13.2 Å². The SMILES string of the molecule is Cc1ccc(N)cc1NC(=O)CN1CCCS1(=O)=O. The first kappa shape index (κ1) is 13.8. The van der Waals surface area contributed by atoms with E-state index >= 15 is 0 Å². The van der Waals surface area contributed by atoms with Crippen LogP contribution in [0.1, 0.15) is 12.0 Å². The Morgan fingerprint density at radius 3 is 2.84 bits per heavy atom. The van der Waals surface area contributed by atoms with Crippen LogP contribution in [0.3, 0.4) is 0 Å². The summed E-state index contributed by atoms with van der Waals surface area (Å²) in [5, 5.41) is 2.69. The molecular weight excluding hydrogens is 266 g/mol. The molecule has 1 aromatic rings. The summed E-state index contributed by atoms with van der Waals surface area (Å²) in [5.74, 6) is -0.225. The van der Waals surface area contributed by atoms with Crippen LogP contribution in [0.4, 0.5) is 11.4 Å². The first-order valence-electron chi connectivity index (χ1n) is 6.02. The molecule has 1 aromatic carbocycles. The number of nitrogen functional groups attached to an aromatic ring is 1. The highest BCUT2D eigenvalue weighted by Gasteiger charge is 2.29. The smallest absolute Gasteiger partial charge is 0.239 e. The minimum atomic E-state index is -3.24. The van der Waals surface area contributed by atoms with Crippen molar-refractivity contribution in [1.82, 2.24) is 4.31 Å². The van der Waals surface area contributed by atoms with Gasteiger partial charge in [-0.05, 0) is 31.0 Å². The van der Waals surface area contributed by atoms with Crippen molar-refractivity contribution in [2.45, 2.75) is 13.3 Å². The molecule has 1 aliphatic rings. The number of carbonyl (C=O) groups excluding carboxylic acids is 1. The Bertz CT molecular complexity index is 598. The number of amides is 1. The molecule has 1 saturated heterocycles. The van der Waals surface area contributed by atoms with E-state index in [4.69, 9.17) is 5.73 Å². The number of hydrogen-bond acceptors (Lipinski definition) is 4. The maximum Gasteiger partial charge on any atom is 0.239 e. The Kier molecular flexibility index (Phi) is 3.77. The zero-order valence-electron chi connectivity index (χ0n) is 10.7. The number of rotatable bonds is 3. The third kappa shape index (κ3) is 3.24. The van der Waals surface area contributed by atoms with E-state index < -0.39 is 10.0 Å². The van der Waals surface area contributed by atoms with Crippen LogP contribution in [0.2, 0.25) is 0 Å². The Labute approximate surface area is 112 Å². The van der Waals surface area contributed by atoms with Crippen molar-refractivity contribution in [2.24, 2.45) is 0 Å². The van der Waals surface area contributed by atoms with Crippen LogP contribution in [0, 0.1) is 6.92 Å². The largest absolute Gasteiger partial charge is 0.399 e. The minimum Gasteiger partial charge on any atom is -0.399 e. The molecule has 19 heavy (non-hydrogen) atoms. The van der Waals surface area contributed by atoms with Crippen LogP contribution in [-0.4, -0.2) is 37.5 Å². The third-order valence-corrected chi connectivity index (χ3v) is 4.96. The number of benzene rings is 1. The van der Waals surface area contributed by atoms with Gasteiger partial charge in [0.05, 0.1) is 12.3 Å². The van der Waals surface area contributed by atoms with E-state index in [0.29, 0.717) is 24.3 Å². The second-order valence-corrected chi connectivity index (χ2v) is 6.71. The molecule has 0 bridgehead atoms. The van der Waals surface area contributed by atoms with Gasteiger partial charge in [-0.2, -0.15) is 4.31 Å². The number of sulfonamides is 1. The predicted octanol–water partition coefficient (Wildman–Crippen LogP) is 0.551. The molecule has 1 fully saturated rings. The van der Waals surface area contributed by atoms with E-state index in [1.54, 1.807) is 18.2 Å². The van der Waals surface area contributed by atoms with E-state index in [2.05, 4.69) is 5.32 Å². The number of hydrogen-bond donors (Lipinski definition) is 2. The predicted molar refractivity (Wildman–Crippen MR) is 74.2 cm³/mol. The third-order valence-electron chi connectivity index (χ3n) is 3.06. The van der Waals surface area contributed by atoms with Crippen molar-refractivity contribution in [3.05, 3.63) is 23.8 Å². The zero-order valence-corrected chi connectivity index (χ0v) is 11.5. The lowest BCUT2D eigenvalue weighted by Crippen LogP contribution is -2.34. The normalized spacial score (nSPS) is 18.4. The fourth-order valence-electron chi connectivity index (χ4n) is 1.99. The maximum atomic E-state index is 11.9. The van der Waals surface area contributed by atoms with Gasteiger partial charge in [0.1, 0.15) is 0 Å². The molecule has 3 N–H and O–H groups in total. The molecule has 0 aromatic heterocycles. The molecule has 7 heteroatoms. The second-order valence-electron chi connectivity index (χ2n) is 4.63. The second kappa shape index (κ2) is 5.18. The summed E-state index contributed by atoms with van der Waals surface area (Å²) in [6, 6.07) is 5.21. The van der Waals surface area contributed by atoms with E-state index in [1.165, 1.54) is 4.31 Å². The number of carbonyl (C=O) groups is 1. The summed E-state index contributed by atoms with van der Waals surface area (Å²) in [5.41, 5.74) is 7.70. The molecule has 1 amide bonds. The molecular formula is C12H17N3O3S. The summed E-state index contributed by atoms with van der Waals surface area (Å²) < 4.78 is 24.4. The molecule has 0 saturated carbocycles. The van der Waals surface area contributed by atoms with Crippen LogP contribution in [0.5, 0.6) is 0 Å². The highest BCUT2D eigenvalue weighted by Crippen LogP contribution is 2.19. The number of anilines is 2. The summed E-state index contributed by atoms with van der Waals surface area (Å²) in [6.45, 7) is 2.11. The monoisotopic (exact) mass is 283 g/mol. The summed E-state index contributed by atoms with van der Waals surface area (Å²) in [4.78, 5) is 11.9. The average molecular weight is 283 g/mol. The van der Waals surface area contributed by atoms with E-state index in [0.717, 1.165) is 5.56 Å².